The van der Waals surface area contributed by atoms with Crippen molar-refractivity contribution in [2.45, 2.75) is 18.7 Å². The smallest absolute Gasteiger partial charge is 0.335 e. The lowest BCUT2D eigenvalue weighted by Gasteiger charge is -2.11. The monoisotopic (exact) mass is 449 g/mol. The van der Waals surface area contributed by atoms with Gasteiger partial charge in [-0.3, -0.25) is 9.78 Å². The largest absolute Gasteiger partial charge is 0.493 e. The molecule has 0 spiro atoms. The third-order valence-corrected chi connectivity index (χ3v) is 6.19. The summed E-state index contributed by atoms with van der Waals surface area (Å²) in [5.41, 5.74) is 1.46. The molecule has 0 saturated carbocycles. The number of hydrogen-bond donors (Lipinski definition) is 2. The van der Waals surface area contributed by atoms with E-state index < -0.39 is 17.1 Å². The van der Waals surface area contributed by atoms with Gasteiger partial charge in [-0.1, -0.05) is 17.4 Å². The fraction of sp³-hybridized carbons (Fsp3) is 0.0952. The summed E-state index contributed by atoms with van der Waals surface area (Å²) < 4.78 is 1.87. The molecule has 31 heavy (non-hydrogen) atoms. The van der Waals surface area contributed by atoms with Crippen LogP contribution in [0, 0.1) is 24.5 Å². The molecule has 0 unspecified atom stereocenters. The van der Waals surface area contributed by atoms with Gasteiger partial charge in [0.2, 0.25) is 11.0 Å². The molecule has 8 nitrogen and oxygen atoms in total. The quantitative estimate of drug-likeness (QED) is 0.278. The van der Waals surface area contributed by atoms with Crippen LogP contribution in [0.25, 0.3) is 15.9 Å². The molecular weight excluding hydrogens is 434 g/mol. The van der Waals surface area contributed by atoms with Crippen LogP contribution in [-0.4, -0.2) is 25.9 Å². The van der Waals surface area contributed by atoms with Crippen molar-refractivity contribution in [1.82, 2.24) is 14.5 Å². The van der Waals surface area contributed by atoms with E-state index in [0.717, 1.165) is 37.1 Å². The van der Waals surface area contributed by atoms with Gasteiger partial charge in [-0.2, -0.15) is 5.26 Å². The first-order valence-electron chi connectivity index (χ1n) is 9.04. The number of thiocyanates is 1. The van der Waals surface area contributed by atoms with Crippen LogP contribution in [0.3, 0.4) is 0 Å². The molecular formula is C21H15N5O3S2. The predicted molar refractivity (Wildman–Crippen MR) is 122 cm³/mol. The molecule has 4 aromatic rings. The van der Waals surface area contributed by atoms with Gasteiger partial charge in [-0.15, -0.1) is 0 Å². The van der Waals surface area contributed by atoms with Crippen molar-refractivity contribution in [3.8, 4) is 17.0 Å². The van der Waals surface area contributed by atoms with Crippen molar-refractivity contribution in [3.63, 3.8) is 0 Å². The van der Waals surface area contributed by atoms with E-state index in [-0.39, 0.29) is 5.56 Å². The summed E-state index contributed by atoms with van der Waals surface area (Å²) in [6, 6.07) is 10.7. The highest BCUT2D eigenvalue weighted by Crippen LogP contribution is 2.31. The van der Waals surface area contributed by atoms with Crippen molar-refractivity contribution in [1.29, 1.82) is 5.26 Å². The molecule has 0 amide bonds. The normalized spacial score (nSPS) is 11.3. The Morgan fingerprint density at radius 3 is 2.77 bits per heavy atom. The first-order valence-corrected chi connectivity index (χ1v) is 10.7. The van der Waals surface area contributed by atoms with Gasteiger partial charge in [-0.25, -0.2) is 19.3 Å². The fourth-order valence-corrected chi connectivity index (χ4v) is 4.29. The Morgan fingerprint density at radius 1 is 1.23 bits per heavy atom. The molecule has 2 heterocycles. The topological polar surface area (TPSA) is 124 Å². The predicted octanol–water partition coefficient (Wildman–Crippen LogP) is 3.78. The second-order valence-electron chi connectivity index (χ2n) is 6.68. The van der Waals surface area contributed by atoms with Gasteiger partial charge in [0.1, 0.15) is 11.0 Å². The first kappa shape index (κ1) is 20.6. The van der Waals surface area contributed by atoms with Crippen LogP contribution in [-0.2, 0) is 0 Å². The zero-order chi connectivity index (χ0) is 22.1. The summed E-state index contributed by atoms with van der Waals surface area (Å²) >= 11 is 2.33. The van der Waals surface area contributed by atoms with E-state index in [2.05, 4.69) is 15.0 Å². The van der Waals surface area contributed by atoms with Gasteiger partial charge < -0.3 is 5.11 Å². The maximum absolute atomic E-state index is 12.4. The van der Waals surface area contributed by atoms with Crippen LogP contribution in [0.5, 0.6) is 5.88 Å². The van der Waals surface area contributed by atoms with Crippen LogP contribution >= 0.6 is 23.1 Å². The zero-order valence-electron chi connectivity index (χ0n) is 16.4. The number of benzene rings is 2. The Bertz CT molecular complexity index is 1510. The Hall–Kier alpha value is -3.68. The number of nitrogens with one attached hydrogen (secondary N) is 1. The number of H-pyrrole nitrogens is 1. The molecule has 0 aliphatic rings. The highest BCUT2D eigenvalue weighted by atomic mass is 32.2. The van der Waals surface area contributed by atoms with Crippen molar-refractivity contribution >= 4 is 44.7 Å². The molecule has 2 aromatic carbocycles. The van der Waals surface area contributed by atoms with E-state index >= 15 is 0 Å². The molecule has 0 saturated heterocycles. The van der Waals surface area contributed by atoms with Gasteiger partial charge >= 0.3 is 5.69 Å². The molecule has 154 valence electrons. The van der Waals surface area contributed by atoms with Crippen LogP contribution in [0.1, 0.15) is 16.7 Å². The summed E-state index contributed by atoms with van der Waals surface area (Å²) in [6.45, 7) is 3.83. The van der Waals surface area contributed by atoms with E-state index in [9.17, 15) is 14.7 Å². The molecule has 0 aliphatic carbocycles. The summed E-state index contributed by atoms with van der Waals surface area (Å²) in [4.78, 5) is 36.3. The molecule has 0 fully saturated rings. The Morgan fingerprint density at radius 2 is 2.03 bits per heavy atom. The van der Waals surface area contributed by atoms with Gasteiger partial charge in [0, 0.05) is 11.1 Å². The third-order valence-electron chi connectivity index (χ3n) is 4.69. The number of aromatic nitrogens is 3. The molecule has 0 radical (unpaired) electrons. The number of thiazole rings is 1. The number of aliphatic imine (C=N–C) groups is 1. The summed E-state index contributed by atoms with van der Waals surface area (Å²) in [6.07, 6.45) is 1.19. The number of aromatic hydroxyl groups is 1. The van der Waals surface area contributed by atoms with Gasteiger partial charge in [0.15, 0.2) is 0 Å². The SMILES string of the molecule is Cc1ccc(-n2c(O)c(C=Nc3nc4ccc(SC#N)cc4s3)c(=O)[nH]c2=O)cc1C. The summed E-state index contributed by atoms with van der Waals surface area (Å²) in [5.74, 6) is -0.505. The number of thioether (sulfide) groups is 1. The third kappa shape index (κ3) is 4.01. The summed E-state index contributed by atoms with van der Waals surface area (Å²) in [5, 5.41) is 21.9. The highest BCUT2D eigenvalue weighted by molar-refractivity contribution is 8.03. The number of nitrogens with zero attached hydrogens (tertiary/aromatic N) is 4. The molecule has 10 heteroatoms. The minimum absolute atomic E-state index is 0.155. The number of aromatic amines is 1. The number of fused-ring (bicyclic) bond motifs is 1. The van der Waals surface area contributed by atoms with E-state index in [1.807, 2.05) is 31.4 Å². The first-order chi connectivity index (χ1) is 14.9. The molecule has 2 N–H and O–H groups in total. The molecule has 0 bridgehead atoms. The molecule has 2 aromatic heterocycles. The van der Waals surface area contributed by atoms with Crippen molar-refractivity contribution in [3.05, 3.63) is 73.9 Å². The van der Waals surface area contributed by atoms with Crippen molar-refractivity contribution in [2.24, 2.45) is 4.99 Å². The van der Waals surface area contributed by atoms with Crippen molar-refractivity contribution in [2.75, 3.05) is 0 Å². The Balaban J connectivity index is 1.76. The van der Waals surface area contributed by atoms with Crippen LogP contribution in [0.15, 0.2) is 55.9 Å². The standard InChI is InChI=1S/C21H15N5O3S2/c1-11-3-4-13(7-12(11)2)26-19(28)15(18(27)25-21(26)29)9-23-20-24-16-6-5-14(30-10-22)8-17(16)31-20/h3-9,28H,1-2H3,(H,25,27,29). The lowest BCUT2D eigenvalue weighted by atomic mass is 10.1. The van der Waals surface area contributed by atoms with Gasteiger partial charge in [0.25, 0.3) is 5.56 Å². The summed E-state index contributed by atoms with van der Waals surface area (Å²) in [7, 11) is 0. The average Bonchev–Trinajstić information content (AvgIpc) is 3.12. The van der Waals surface area contributed by atoms with E-state index in [1.54, 1.807) is 24.3 Å². The Labute approximate surface area is 184 Å². The minimum atomic E-state index is -0.750. The second-order valence-corrected chi connectivity index (χ2v) is 8.55. The van der Waals surface area contributed by atoms with Crippen LogP contribution in [0.4, 0.5) is 5.13 Å². The van der Waals surface area contributed by atoms with E-state index in [4.69, 9.17) is 5.26 Å². The maximum atomic E-state index is 12.4. The lowest BCUT2D eigenvalue weighted by Crippen LogP contribution is -2.31. The number of nitriles is 1. The average molecular weight is 450 g/mol. The second kappa shape index (κ2) is 8.22. The van der Waals surface area contributed by atoms with E-state index in [1.165, 1.54) is 17.6 Å². The van der Waals surface area contributed by atoms with Crippen molar-refractivity contribution < 1.29 is 5.11 Å². The minimum Gasteiger partial charge on any atom is -0.493 e. The number of aryl methyl sites for hydroxylation is 2. The van der Waals surface area contributed by atoms with Crippen LogP contribution in [0.2, 0.25) is 0 Å². The highest BCUT2D eigenvalue weighted by Gasteiger charge is 2.15. The van der Waals surface area contributed by atoms with E-state index in [0.29, 0.717) is 16.3 Å². The fourth-order valence-electron chi connectivity index (χ4n) is 2.94. The van der Waals surface area contributed by atoms with Gasteiger partial charge in [0.05, 0.1) is 15.9 Å². The zero-order valence-corrected chi connectivity index (χ0v) is 18.0. The molecule has 0 aliphatic heterocycles. The molecule has 4 rings (SSSR count). The van der Waals surface area contributed by atoms with Crippen LogP contribution < -0.4 is 11.2 Å². The lowest BCUT2D eigenvalue weighted by molar-refractivity contribution is 0.430. The molecule has 0 atom stereocenters. The number of rotatable bonds is 4. The van der Waals surface area contributed by atoms with Gasteiger partial charge in [-0.05, 0) is 67.1 Å². The maximum Gasteiger partial charge on any atom is 0.335 e. The number of hydrogen-bond acceptors (Lipinski definition) is 8. The Kier molecular flexibility index (Phi) is 5.46.